The average molecular weight is 356 g/mol. The molecule has 23 heavy (non-hydrogen) atoms. The molecule has 1 heterocycles. The first kappa shape index (κ1) is 17.8. The third kappa shape index (κ3) is 4.25. The molecule has 0 spiro atoms. The number of amides is 1. The van der Waals surface area contributed by atoms with Crippen LogP contribution in [0.1, 0.15) is 48.1 Å². The summed E-state index contributed by atoms with van der Waals surface area (Å²) >= 11 is 12.2. The molecule has 4 N–H and O–H groups in total. The molecule has 5 nitrogen and oxygen atoms in total. The number of nitrogens with zero attached hydrogens (tertiary/aromatic N) is 1. The molecule has 0 aliphatic carbocycles. The van der Waals surface area contributed by atoms with Gasteiger partial charge in [0.05, 0.1) is 15.6 Å². The Bertz CT molecular complexity index is 708. The van der Waals surface area contributed by atoms with Gasteiger partial charge < -0.3 is 15.8 Å². The highest BCUT2D eigenvalue weighted by Crippen LogP contribution is 2.33. The minimum Gasteiger partial charge on any atom is -0.390 e. The Balaban J connectivity index is 2.22. The van der Waals surface area contributed by atoms with Crippen LogP contribution in [-0.4, -0.2) is 26.6 Å². The summed E-state index contributed by atoms with van der Waals surface area (Å²) in [5, 5.41) is 11.5. The Labute approximate surface area is 144 Å². The molecule has 1 atom stereocenters. The molecule has 2 aromatic rings. The van der Waals surface area contributed by atoms with Crippen LogP contribution in [-0.2, 0) is 6.42 Å². The zero-order chi connectivity index (χ0) is 17.2. The summed E-state index contributed by atoms with van der Waals surface area (Å²) < 4.78 is 0. The van der Waals surface area contributed by atoms with Gasteiger partial charge >= 0.3 is 0 Å². The number of H-pyrrole nitrogens is 1. The van der Waals surface area contributed by atoms with Crippen LogP contribution in [0, 0.1) is 0 Å². The van der Waals surface area contributed by atoms with E-state index >= 15 is 0 Å². The number of rotatable bonds is 6. The third-order valence-corrected chi connectivity index (χ3v) is 4.62. The molecule has 1 amide bonds. The van der Waals surface area contributed by atoms with Gasteiger partial charge in [-0.15, -0.1) is 0 Å². The van der Waals surface area contributed by atoms with Crippen molar-refractivity contribution in [3.05, 3.63) is 51.5 Å². The molecule has 0 unspecified atom stereocenters. The molecule has 0 bridgehead atoms. The van der Waals surface area contributed by atoms with Crippen LogP contribution in [0.5, 0.6) is 0 Å². The average Bonchev–Trinajstić information content (AvgIpc) is 2.92. The number of carbonyl (C=O) groups excluding carboxylic acids is 1. The Morgan fingerprint density at radius 2 is 2.13 bits per heavy atom. The number of aromatic amines is 1. The largest absolute Gasteiger partial charge is 0.390 e. The van der Waals surface area contributed by atoms with Crippen molar-refractivity contribution in [2.24, 2.45) is 5.73 Å². The van der Waals surface area contributed by atoms with E-state index in [1.165, 1.54) is 6.20 Å². The smallest absolute Gasteiger partial charge is 0.268 e. The molecule has 2 rings (SSSR count). The van der Waals surface area contributed by atoms with Gasteiger partial charge in [-0.05, 0) is 38.3 Å². The van der Waals surface area contributed by atoms with Gasteiger partial charge in [-0.1, -0.05) is 35.3 Å². The van der Waals surface area contributed by atoms with E-state index in [-0.39, 0.29) is 11.6 Å². The van der Waals surface area contributed by atoms with Crippen LogP contribution < -0.4 is 5.73 Å². The quantitative estimate of drug-likeness (QED) is 0.742. The highest BCUT2D eigenvalue weighted by molar-refractivity contribution is 6.42. The number of hydrogen-bond donors (Lipinski definition) is 3. The summed E-state index contributed by atoms with van der Waals surface area (Å²) in [5.74, 6) is -0.407. The number of aromatic nitrogens is 2. The van der Waals surface area contributed by atoms with Crippen molar-refractivity contribution in [2.45, 2.75) is 38.2 Å². The maximum Gasteiger partial charge on any atom is 0.268 e. The minimum atomic E-state index is -1.03. The highest BCUT2D eigenvalue weighted by atomic mass is 35.5. The maximum absolute atomic E-state index is 11.2. The zero-order valence-corrected chi connectivity index (χ0v) is 14.4. The molecule has 0 saturated heterocycles. The van der Waals surface area contributed by atoms with Crippen molar-refractivity contribution in [1.29, 1.82) is 0 Å². The fraction of sp³-hybridized carbons (Fsp3) is 0.375. The summed E-state index contributed by atoms with van der Waals surface area (Å²) in [6.07, 6.45) is 2.64. The zero-order valence-electron chi connectivity index (χ0n) is 12.9. The van der Waals surface area contributed by atoms with Crippen LogP contribution >= 0.6 is 23.2 Å². The summed E-state index contributed by atoms with van der Waals surface area (Å²) in [4.78, 5) is 18.3. The minimum absolute atomic E-state index is 0.148. The molecule has 0 aliphatic rings. The number of imidazole rings is 1. The van der Waals surface area contributed by atoms with Crippen LogP contribution in [0.25, 0.3) is 0 Å². The molecule has 1 aromatic heterocycles. The van der Waals surface area contributed by atoms with Gasteiger partial charge in [-0.2, -0.15) is 0 Å². The van der Waals surface area contributed by atoms with Crippen LogP contribution in [0.4, 0.5) is 0 Å². The second kappa shape index (κ2) is 6.91. The molecule has 0 aliphatic heterocycles. The molecule has 7 heteroatoms. The number of primary amides is 1. The first-order valence-corrected chi connectivity index (χ1v) is 7.96. The predicted octanol–water partition coefficient (Wildman–Crippen LogP) is 3.30. The first-order chi connectivity index (χ1) is 10.7. The summed E-state index contributed by atoms with van der Waals surface area (Å²) in [6, 6.07) is 5.46. The van der Waals surface area contributed by atoms with Crippen molar-refractivity contribution >= 4 is 29.1 Å². The summed E-state index contributed by atoms with van der Waals surface area (Å²) in [6.45, 7) is 3.40. The van der Waals surface area contributed by atoms with Crippen LogP contribution in [0.2, 0.25) is 10.0 Å². The molecule has 0 fully saturated rings. The fourth-order valence-electron chi connectivity index (χ4n) is 2.51. The lowest BCUT2D eigenvalue weighted by Gasteiger charge is -2.28. The van der Waals surface area contributed by atoms with Crippen molar-refractivity contribution in [2.75, 3.05) is 0 Å². The second-order valence-electron chi connectivity index (χ2n) is 5.99. The lowest BCUT2D eigenvalue weighted by atomic mass is 9.85. The molecular weight excluding hydrogens is 337 g/mol. The standard InChI is InChI=1S/C16H19Cl2N3O2/c1-16(2,23)10(15-20-8-12(21-15)14(19)22)7-6-9-4-3-5-11(17)13(9)18/h3-5,8,10,23H,6-7H2,1-2H3,(H2,19,22)(H,20,21)/t10-/m1/s1. The number of halogens is 2. The molecule has 0 radical (unpaired) electrons. The van der Waals surface area contributed by atoms with Gasteiger partial charge in [0.2, 0.25) is 0 Å². The molecule has 1 aromatic carbocycles. The van der Waals surface area contributed by atoms with Gasteiger partial charge in [-0.25, -0.2) is 4.98 Å². The Morgan fingerprint density at radius 1 is 1.43 bits per heavy atom. The summed E-state index contributed by atoms with van der Waals surface area (Å²) in [7, 11) is 0. The molecular formula is C16H19Cl2N3O2. The number of benzene rings is 1. The normalized spacial score (nSPS) is 13.1. The van der Waals surface area contributed by atoms with Gasteiger partial charge in [0, 0.05) is 12.1 Å². The molecule has 0 saturated carbocycles. The van der Waals surface area contributed by atoms with Gasteiger partial charge in [0.15, 0.2) is 0 Å². The van der Waals surface area contributed by atoms with Crippen LogP contribution in [0.15, 0.2) is 24.4 Å². The van der Waals surface area contributed by atoms with Crippen molar-refractivity contribution in [3.8, 4) is 0 Å². The van der Waals surface area contributed by atoms with Crippen molar-refractivity contribution in [3.63, 3.8) is 0 Å². The monoisotopic (exact) mass is 355 g/mol. The third-order valence-electron chi connectivity index (χ3n) is 3.77. The predicted molar refractivity (Wildman–Crippen MR) is 90.9 cm³/mol. The number of nitrogens with one attached hydrogen (secondary N) is 1. The van der Waals surface area contributed by atoms with E-state index in [0.717, 1.165) is 5.56 Å². The first-order valence-electron chi connectivity index (χ1n) is 7.20. The SMILES string of the molecule is CC(C)(O)[C@H](CCc1cccc(Cl)c1Cl)c1nc(C(N)=O)c[nH]1. The second-order valence-corrected chi connectivity index (χ2v) is 6.78. The van der Waals surface area contributed by atoms with E-state index in [4.69, 9.17) is 28.9 Å². The Hall–Kier alpha value is -1.56. The van der Waals surface area contributed by atoms with Gasteiger partial charge in [0.25, 0.3) is 5.91 Å². The lowest BCUT2D eigenvalue weighted by molar-refractivity contribution is 0.0438. The number of carbonyl (C=O) groups is 1. The lowest BCUT2D eigenvalue weighted by Crippen LogP contribution is -2.30. The van der Waals surface area contributed by atoms with Crippen molar-refractivity contribution in [1.82, 2.24) is 9.97 Å². The van der Waals surface area contributed by atoms with Crippen molar-refractivity contribution < 1.29 is 9.90 Å². The Kier molecular flexibility index (Phi) is 5.34. The van der Waals surface area contributed by atoms with Gasteiger partial charge in [0.1, 0.15) is 11.5 Å². The maximum atomic E-state index is 11.2. The van der Waals surface area contributed by atoms with Gasteiger partial charge in [-0.3, -0.25) is 4.79 Å². The highest BCUT2D eigenvalue weighted by Gasteiger charge is 2.31. The fourth-order valence-corrected chi connectivity index (χ4v) is 2.92. The number of nitrogens with two attached hydrogens (primary N) is 1. The number of aryl methyl sites for hydroxylation is 1. The van der Waals surface area contributed by atoms with E-state index in [0.29, 0.717) is 28.7 Å². The van der Waals surface area contributed by atoms with E-state index in [1.807, 2.05) is 12.1 Å². The van der Waals surface area contributed by atoms with Crippen LogP contribution in [0.3, 0.4) is 0 Å². The van der Waals surface area contributed by atoms with E-state index < -0.39 is 11.5 Å². The summed E-state index contributed by atoms with van der Waals surface area (Å²) in [5.41, 5.74) is 5.24. The van der Waals surface area contributed by atoms with E-state index in [2.05, 4.69) is 9.97 Å². The number of hydrogen-bond acceptors (Lipinski definition) is 3. The van der Waals surface area contributed by atoms with E-state index in [1.54, 1.807) is 19.9 Å². The Morgan fingerprint density at radius 3 is 2.70 bits per heavy atom. The van der Waals surface area contributed by atoms with E-state index in [9.17, 15) is 9.90 Å². The number of aliphatic hydroxyl groups is 1. The molecule has 124 valence electrons. The topological polar surface area (TPSA) is 92.0 Å².